The molecule has 24 heavy (non-hydrogen) atoms. The van der Waals surface area contributed by atoms with Gasteiger partial charge in [-0.2, -0.15) is 0 Å². The lowest BCUT2D eigenvalue weighted by molar-refractivity contribution is -0.139. The Bertz CT molecular complexity index is 796. The second-order valence-electron chi connectivity index (χ2n) is 6.00. The fraction of sp³-hybridized carbons (Fsp3) is 0.250. The summed E-state index contributed by atoms with van der Waals surface area (Å²) in [5.74, 6) is -0.806. The average Bonchev–Trinajstić information content (AvgIpc) is 3.01. The van der Waals surface area contributed by atoms with Crippen LogP contribution < -0.4 is 5.32 Å². The van der Waals surface area contributed by atoms with Crippen molar-refractivity contribution in [1.29, 1.82) is 0 Å². The van der Waals surface area contributed by atoms with Crippen molar-refractivity contribution in [3.05, 3.63) is 71.9 Å². The van der Waals surface area contributed by atoms with Gasteiger partial charge in [0, 0.05) is 23.5 Å². The molecule has 0 radical (unpaired) electrons. The molecule has 0 unspecified atom stereocenters. The molecule has 3 N–H and O–H groups in total. The molecule has 0 aliphatic carbocycles. The van der Waals surface area contributed by atoms with Gasteiger partial charge in [-0.05, 0) is 36.6 Å². The number of benzene rings is 2. The summed E-state index contributed by atoms with van der Waals surface area (Å²) < 4.78 is 0. The van der Waals surface area contributed by atoms with Gasteiger partial charge in [0.15, 0.2) is 0 Å². The minimum Gasteiger partial charge on any atom is -0.480 e. The molecular weight excluding hydrogens is 300 g/mol. The third-order valence-electron chi connectivity index (χ3n) is 4.27. The van der Waals surface area contributed by atoms with Gasteiger partial charge >= 0.3 is 5.97 Å². The molecule has 0 fully saturated rings. The number of para-hydroxylation sites is 1. The summed E-state index contributed by atoms with van der Waals surface area (Å²) in [6.07, 6.45) is 4.26. The van der Waals surface area contributed by atoms with Gasteiger partial charge in [-0.15, -0.1) is 0 Å². The molecule has 4 heteroatoms. The van der Waals surface area contributed by atoms with Crippen molar-refractivity contribution in [3.8, 4) is 0 Å². The SMILES string of the molecule is O=C(O)[C@H](Cc1c[nH]c2ccccc12)NCCCc1ccccc1. The first-order valence-corrected chi connectivity index (χ1v) is 8.29. The summed E-state index contributed by atoms with van der Waals surface area (Å²) in [5.41, 5.74) is 3.36. The maximum absolute atomic E-state index is 11.6. The van der Waals surface area contributed by atoms with Crippen LogP contribution in [0.5, 0.6) is 0 Å². The highest BCUT2D eigenvalue weighted by Gasteiger charge is 2.18. The van der Waals surface area contributed by atoms with Crippen LogP contribution in [0.25, 0.3) is 10.9 Å². The van der Waals surface area contributed by atoms with Gasteiger partial charge in [0.1, 0.15) is 6.04 Å². The lowest BCUT2D eigenvalue weighted by Crippen LogP contribution is -2.39. The van der Waals surface area contributed by atoms with Crippen molar-refractivity contribution in [1.82, 2.24) is 10.3 Å². The highest BCUT2D eigenvalue weighted by Crippen LogP contribution is 2.19. The molecule has 1 heterocycles. The summed E-state index contributed by atoms with van der Waals surface area (Å²) in [6, 6.07) is 17.7. The van der Waals surface area contributed by atoms with Crippen molar-refractivity contribution < 1.29 is 9.90 Å². The zero-order valence-corrected chi connectivity index (χ0v) is 13.5. The van der Waals surface area contributed by atoms with E-state index in [2.05, 4.69) is 22.4 Å². The summed E-state index contributed by atoms with van der Waals surface area (Å²) in [6.45, 7) is 0.689. The third-order valence-corrected chi connectivity index (χ3v) is 4.27. The van der Waals surface area contributed by atoms with Gasteiger partial charge in [-0.1, -0.05) is 48.5 Å². The number of carbonyl (C=O) groups is 1. The molecule has 0 spiro atoms. The first-order chi connectivity index (χ1) is 11.7. The topological polar surface area (TPSA) is 65.1 Å². The van der Waals surface area contributed by atoms with Crippen molar-refractivity contribution in [3.63, 3.8) is 0 Å². The van der Waals surface area contributed by atoms with Crippen LogP contribution in [-0.2, 0) is 17.6 Å². The fourth-order valence-corrected chi connectivity index (χ4v) is 2.98. The second-order valence-corrected chi connectivity index (χ2v) is 6.00. The quantitative estimate of drug-likeness (QED) is 0.557. The van der Waals surface area contributed by atoms with E-state index in [1.807, 2.05) is 48.7 Å². The molecule has 1 aromatic heterocycles. The first-order valence-electron chi connectivity index (χ1n) is 8.29. The standard InChI is InChI=1S/C20H22N2O2/c23-20(24)19(21-12-6-9-15-7-2-1-3-8-15)13-16-14-22-18-11-5-4-10-17(16)18/h1-5,7-8,10-11,14,19,21-22H,6,9,12-13H2,(H,23,24)/t19-/m0/s1. The van der Waals surface area contributed by atoms with E-state index in [1.54, 1.807) is 0 Å². The third kappa shape index (κ3) is 4.03. The highest BCUT2D eigenvalue weighted by molar-refractivity contribution is 5.84. The normalized spacial score (nSPS) is 12.3. The van der Waals surface area contributed by atoms with Gasteiger partial charge in [0.05, 0.1) is 0 Å². The Morgan fingerprint density at radius 3 is 2.62 bits per heavy atom. The van der Waals surface area contributed by atoms with Gasteiger partial charge < -0.3 is 15.4 Å². The lowest BCUT2D eigenvalue weighted by Gasteiger charge is -2.14. The molecule has 124 valence electrons. The Hall–Kier alpha value is -2.59. The molecule has 0 aliphatic rings. The molecule has 0 saturated heterocycles. The molecule has 0 saturated carbocycles. The summed E-state index contributed by atoms with van der Waals surface area (Å²) in [5, 5.41) is 13.8. The Labute approximate surface area is 141 Å². The predicted molar refractivity (Wildman–Crippen MR) is 96.2 cm³/mol. The number of carboxylic acid groups (broad SMARTS) is 1. The van der Waals surface area contributed by atoms with Crippen LogP contribution >= 0.6 is 0 Å². The average molecular weight is 322 g/mol. The monoisotopic (exact) mass is 322 g/mol. The van der Waals surface area contributed by atoms with E-state index in [0.717, 1.165) is 29.3 Å². The van der Waals surface area contributed by atoms with Crippen LogP contribution in [-0.4, -0.2) is 28.6 Å². The van der Waals surface area contributed by atoms with Crippen LogP contribution in [0.3, 0.4) is 0 Å². The zero-order chi connectivity index (χ0) is 16.8. The maximum atomic E-state index is 11.6. The predicted octanol–water partition coefficient (Wildman–Crippen LogP) is 3.39. The minimum absolute atomic E-state index is 0.477. The van der Waals surface area contributed by atoms with Crippen molar-refractivity contribution in [2.24, 2.45) is 0 Å². The summed E-state index contributed by atoms with van der Waals surface area (Å²) >= 11 is 0. The number of hydrogen-bond acceptors (Lipinski definition) is 2. The zero-order valence-electron chi connectivity index (χ0n) is 13.5. The smallest absolute Gasteiger partial charge is 0.321 e. The van der Waals surface area contributed by atoms with E-state index < -0.39 is 12.0 Å². The molecule has 3 aromatic rings. The Balaban J connectivity index is 1.56. The summed E-state index contributed by atoms with van der Waals surface area (Å²) in [4.78, 5) is 14.8. The van der Waals surface area contributed by atoms with Crippen molar-refractivity contribution in [2.45, 2.75) is 25.3 Å². The van der Waals surface area contributed by atoms with E-state index in [9.17, 15) is 9.90 Å². The van der Waals surface area contributed by atoms with Gasteiger partial charge in [-0.25, -0.2) is 0 Å². The molecule has 4 nitrogen and oxygen atoms in total. The Morgan fingerprint density at radius 2 is 1.83 bits per heavy atom. The minimum atomic E-state index is -0.806. The molecule has 0 aliphatic heterocycles. The van der Waals surface area contributed by atoms with Gasteiger partial charge in [0.2, 0.25) is 0 Å². The molecule has 2 aromatic carbocycles. The number of H-pyrrole nitrogens is 1. The fourth-order valence-electron chi connectivity index (χ4n) is 2.98. The van der Waals surface area contributed by atoms with E-state index in [-0.39, 0.29) is 0 Å². The number of carboxylic acids is 1. The second kappa shape index (κ2) is 7.79. The van der Waals surface area contributed by atoms with Crippen LogP contribution in [0.4, 0.5) is 0 Å². The van der Waals surface area contributed by atoms with Gasteiger partial charge in [0.25, 0.3) is 0 Å². The number of fused-ring (bicyclic) bond motifs is 1. The number of nitrogens with one attached hydrogen (secondary N) is 2. The van der Waals surface area contributed by atoms with Crippen LogP contribution in [0.15, 0.2) is 60.8 Å². The summed E-state index contributed by atoms with van der Waals surface area (Å²) in [7, 11) is 0. The maximum Gasteiger partial charge on any atom is 0.321 e. The Morgan fingerprint density at radius 1 is 1.08 bits per heavy atom. The van der Waals surface area contributed by atoms with E-state index in [4.69, 9.17) is 0 Å². The molecule has 3 rings (SSSR count). The number of aliphatic carboxylic acids is 1. The number of aryl methyl sites for hydroxylation is 1. The highest BCUT2D eigenvalue weighted by atomic mass is 16.4. The lowest BCUT2D eigenvalue weighted by atomic mass is 10.0. The van der Waals surface area contributed by atoms with E-state index in [1.165, 1.54) is 5.56 Å². The van der Waals surface area contributed by atoms with Crippen molar-refractivity contribution >= 4 is 16.9 Å². The number of rotatable bonds is 8. The number of aromatic nitrogens is 1. The van der Waals surface area contributed by atoms with Gasteiger partial charge in [-0.3, -0.25) is 4.79 Å². The first kappa shape index (κ1) is 16.3. The van der Waals surface area contributed by atoms with Crippen LogP contribution in [0.1, 0.15) is 17.5 Å². The van der Waals surface area contributed by atoms with E-state index in [0.29, 0.717) is 13.0 Å². The molecule has 0 amide bonds. The Kier molecular flexibility index (Phi) is 5.29. The number of hydrogen-bond donors (Lipinski definition) is 3. The van der Waals surface area contributed by atoms with Crippen LogP contribution in [0.2, 0.25) is 0 Å². The van der Waals surface area contributed by atoms with E-state index >= 15 is 0 Å². The van der Waals surface area contributed by atoms with Crippen LogP contribution in [0, 0.1) is 0 Å². The molecule has 1 atom stereocenters. The molecule has 0 bridgehead atoms. The van der Waals surface area contributed by atoms with Crippen molar-refractivity contribution in [2.75, 3.05) is 6.54 Å². The number of aromatic amines is 1. The molecular formula is C20H22N2O2. The largest absolute Gasteiger partial charge is 0.480 e.